The predicted molar refractivity (Wildman–Crippen MR) is 133 cm³/mol. The zero-order chi connectivity index (χ0) is 25.4. The number of benzene rings is 3. The van der Waals surface area contributed by atoms with Gasteiger partial charge in [-0.25, -0.2) is 0 Å². The Labute approximate surface area is 208 Å². The Morgan fingerprint density at radius 2 is 1.61 bits per heavy atom. The number of hydrogen-bond acceptors (Lipinski definition) is 7. The largest absolute Gasteiger partial charge is 0.507 e. The summed E-state index contributed by atoms with van der Waals surface area (Å²) in [4.78, 5) is 28.1. The number of amides is 1. The van der Waals surface area contributed by atoms with Crippen LogP contribution in [0.2, 0.25) is 0 Å². The second-order valence-electron chi connectivity index (χ2n) is 8.67. The van der Waals surface area contributed by atoms with E-state index in [1.807, 2.05) is 13.8 Å². The molecule has 5 rings (SSSR count). The van der Waals surface area contributed by atoms with Crippen LogP contribution in [0.3, 0.4) is 0 Å². The van der Waals surface area contributed by atoms with Crippen LogP contribution in [-0.4, -0.2) is 36.8 Å². The van der Waals surface area contributed by atoms with E-state index in [-0.39, 0.29) is 24.2 Å². The molecule has 1 unspecified atom stereocenters. The predicted octanol–water partition coefficient (Wildman–Crippen LogP) is 4.84. The summed E-state index contributed by atoms with van der Waals surface area (Å²) in [6, 6.07) is 18.0. The van der Waals surface area contributed by atoms with Crippen LogP contribution in [0.4, 0.5) is 5.69 Å². The third-order valence-corrected chi connectivity index (χ3v) is 6.01. The number of carbonyl (C=O) groups is 2. The van der Waals surface area contributed by atoms with Crippen LogP contribution in [0.5, 0.6) is 23.0 Å². The molecule has 3 aromatic carbocycles. The molecule has 0 aliphatic carbocycles. The fourth-order valence-electron chi connectivity index (χ4n) is 4.36. The number of nitrogens with zero attached hydrogens (tertiary/aromatic N) is 1. The van der Waals surface area contributed by atoms with E-state index in [1.165, 1.54) is 4.90 Å². The Balaban J connectivity index is 1.63. The molecule has 1 fully saturated rings. The Bertz CT molecular complexity index is 1340. The maximum atomic E-state index is 13.3. The first kappa shape index (κ1) is 23.3. The average Bonchev–Trinajstić information content (AvgIpc) is 3.46. The van der Waals surface area contributed by atoms with Crippen molar-refractivity contribution >= 4 is 23.1 Å². The van der Waals surface area contributed by atoms with Crippen LogP contribution in [0.15, 0.2) is 72.3 Å². The minimum atomic E-state index is -0.863. The van der Waals surface area contributed by atoms with Crippen molar-refractivity contribution in [2.24, 2.45) is 0 Å². The molecule has 1 atom stereocenters. The zero-order valence-electron chi connectivity index (χ0n) is 20.1. The molecule has 36 heavy (non-hydrogen) atoms. The quantitative estimate of drug-likeness (QED) is 0.302. The highest BCUT2D eigenvalue weighted by Gasteiger charge is 2.47. The van der Waals surface area contributed by atoms with Gasteiger partial charge in [0.25, 0.3) is 11.7 Å². The molecule has 0 saturated carbocycles. The Hall–Kier alpha value is -4.46. The van der Waals surface area contributed by atoms with Crippen molar-refractivity contribution in [3.8, 4) is 23.0 Å². The highest BCUT2D eigenvalue weighted by atomic mass is 16.7. The molecule has 2 heterocycles. The second kappa shape index (κ2) is 9.30. The van der Waals surface area contributed by atoms with Crippen LogP contribution >= 0.6 is 0 Å². The number of Topliss-reactive ketones (excluding diaryl/α,β-unsaturated/α-hetero) is 1. The number of hydrogen-bond donors (Lipinski definition) is 1. The smallest absolute Gasteiger partial charge is 0.300 e. The maximum absolute atomic E-state index is 13.3. The first-order valence-corrected chi connectivity index (χ1v) is 11.5. The molecule has 2 aliphatic rings. The van der Waals surface area contributed by atoms with Crippen molar-refractivity contribution in [1.82, 2.24) is 0 Å². The van der Waals surface area contributed by atoms with Gasteiger partial charge in [0.2, 0.25) is 6.79 Å². The number of fused-ring (bicyclic) bond motifs is 1. The molecular formula is C28H25NO7. The molecule has 0 radical (unpaired) electrons. The minimum absolute atomic E-state index is 0.00826. The first-order valence-electron chi connectivity index (χ1n) is 11.5. The van der Waals surface area contributed by atoms with E-state index in [4.69, 9.17) is 18.9 Å². The van der Waals surface area contributed by atoms with E-state index < -0.39 is 17.7 Å². The van der Waals surface area contributed by atoms with Crippen LogP contribution < -0.4 is 23.8 Å². The fraction of sp³-hybridized carbons (Fsp3) is 0.214. The molecule has 8 nitrogen and oxygen atoms in total. The highest BCUT2D eigenvalue weighted by molar-refractivity contribution is 6.51. The van der Waals surface area contributed by atoms with Crippen molar-refractivity contribution in [3.63, 3.8) is 0 Å². The summed E-state index contributed by atoms with van der Waals surface area (Å²) in [5.74, 6) is 0.449. The normalized spacial score (nSPS) is 18.1. The lowest BCUT2D eigenvalue weighted by atomic mass is 9.95. The number of ether oxygens (including phenoxy) is 4. The monoisotopic (exact) mass is 487 g/mol. The van der Waals surface area contributed by atoms with Crippen molar-refractivity contribution in [2.75, 3.05) is 18.8 Å². The topological polar surface area (TPSA) is 94.5 Å². The lowest BCUT2D eigenvalue weighted by Crippen LogP contribution is -2.29. The number of carbonyl (C=O) groups excluding carboxylic acids is 2. The summed E-state index contributed by atoms with van der Waals surface area (Å²) in [7, 11) is 1.56. The van der Waals surface area contributed by atoms with E-state index >= 15 is 0 Å². The van der Waals surface area contributed by atoms with Crippen LogP contribution in [0, 0.1) is 0 Å². The number of anilines is 1. The summed E-state index contributed by atoms with van der Waals surface area (Å²) in [6.07, 6.45) is -0.00826. The van der Waals surface area contributed by atoms with Crippen LogP contribution in [0.1, 0.15) is 31.0 Å². The SMILES string of the molecule is COc1ccc(C2/C(=C(/O)c3ccc4c(c3)OCO4)C(=O)C(=O)N2c2ccc(OC(C)C)cc2)cc1. The van der Waals surface area contributed by atoms with Gasteiger partial charge in [-0.1, -0.05) is 12.1 Å². The summed E-state index contributed by atoms with van der Waals surface area (Å²) < 4.78 is 21.8. The van der Waals surface area contributed by atoms with Gasteiger partial charge in [0.15, 0.2) is 11.5 Å². The average molecular weight is 488 g/mol. The van der Waals surface area contributed by atoms with E-state index in [0.717, 1.165) is 0 Å². The fourth-order valence-corrected chi connectivity index (χ4v) is 4.36. The van der Waals surface area contributed by atoms with Gasteiger partial charge < -0.3 is 24.1 Å². The van der Waals surface area contributed by atoms with Crippen molar-refractivity contribution in [2.45, 2.75) is 26.0 Å². The van der Waals surface area contributed by atoms with Crippen molar-refractivity contribution in [3.05, 3.63) is 83.4 Å². The Morgan fingerprint density at radius 1 is 0.944 bits per heavy atom. The molecule has 2 aliphatic heterocycles. The Morgan fingerprint density at radius 3 is 2.28 bits per heavy atom. The molecule has 0 spiro atoms. The van der Waals surface area contributed by atoms with Crippen LogP contribution in [-0.2, 0) is 9.59 Å². The highest BCUT2D eigenvalue weighted by Crippen LogP contribution is 2.44. The lowest BCUT2D eigenvalue weighted by molar-refractivity contribution is -0.132. The number of aliphatic hydroxyl groups excluding tert-OH is 1. The van der Waals surface area contributed by atoms with Crippen molar-refractivity contribution in [1.29, 1.82) is 0 Å². The van der Waals surface area contributed by atoms with Gasteiger partial charge in [-0.3, -0.25) is 14.5 Å². The number of methoxy groups -OCH3 is 1. The van der Waals surface area contributed by atoms with Gasteiger partial charge in [-0.05, 0) is 74.0 Å². The van der Waals surface area contributed by atoms with Gasteiger partial charge >= 0.3 is 0 Å². The third kappa shape index (κ3) is 4.11. The van der Waals surface area contributed by atoms with Gasteiger partial charge in [0, 0.05) is 11.3 Å². The molecule has 8 heteroatoms. The first-order chi connectivity index (χ1) is 17.4. The summed E-state index contributed by atoms with van der Waals surface area (Å²) in [6.45, 7) is 3.92. The summed E-state index contributed by atoms with van der Waals surface area (Å²) in [5, 5.41) is 11.3. The van der Waals surface area contributed by atoms with E-state index in [9.17, 15) is 14.7 Å². The molecular weight excluding hydrogens is 462 g/mol. The van der Waals surface area contributed by atoms with Gasteiger partial charge in [-0.2, -0.15) is 0 Å². The molecule has 0 bridgehead atoms. The van der Waals surface area contributed by atoms with Gasteiger partial charge in [0.1, 0.15) is 17.3 Å². The third-order valence-electron chi connectivity index (χ3n) is 6.01. The molecule has 3 aromatic rings. The summed E-state index contributed by atoms with van der Waals surface area (Å²) in [5.41, 5.74) is 1.46. The summed E-state index contributed by atoms with van der Waals surface area (Å²) >= 11 is 0. The standard InChI is InChI=1S/C28H25NO7/c1-16(2)36-21-11-7-19(8-12-21)29-25(17-4-9-20(33-3)10-5-17)24(27(31)28(29)32)26(30)18-6-13-22-23(14-18)35-15-34-22/h4-14,16,25,30H,15H2,1-3H3/b26-24-. The van der Waals surface area contributed by atoms with Gasteiger partial charge in [0.05, 0.1) is 24.8 Å². The zero-order valence-corrected chi connectivity index (χ0v) is 20.1. The molecule has 1 N–H and O–H groups in total. The number of rotatable bonds is 6. The van der Waals surface area contributed by atoms with Crippen LogP contribution in [0.25, 0.3) is 5.76 Å². The number of ketones is 1. The molecule has 1 saturated heterocycles. The van der Waals surface area contributed by atoms with E-state index in [2.05, 4.69) is 0 Å². The second-order valence-corrected chi connectivity index (χ2v) is 8.67. The molecule has 184 valence electrons. The van der Waals surface area contributed by atoms with Gasteiger partial charge in [-0.15, -0.1) is 0 Å². The molecule has 0 aromatic heterocycles. The Kier molecular flexibility index (Phi) is 6.01. The number of aliphatic hydroxyl groups is 1. The maximum Gasteiger partial charge on any atom is 0.300 e. The molecule has 1 amide bonds. The van der Waals surface area contributed by atoms with E-state index in [0.29, 0.717) is 39.8 Å². The van der Waals surface area contributed by atoms with E-state index in [1.54, 1.807) is 73.8 Å². The van der Waals surface area contributed by atoms with Crippen molar-refractivity contribution < 1.29 is 33.6 Å². The minimum Gasteiger partial charge on any atom is -0.507 e. The lowest BCUT2D eigenvalue weighted by Gasteiger charge is -2.26.